The number of benzene rings is 1. The summed E-state index contributed by atoms with van der Waals surface area (Å²) in [6.07, 6.45) is 0.218. The van der Waals surface area contributed by atoms with E-state index in [0.29, 0.717) is 26.2 Å². The van der Waals surface area contributed by atoms with Crippen LogP contribution in [0.15, 0.2) is 24.3 Å². The van der Waals surface area contributed by atoms with Gasteiger partial charge in [0.2, 0.25) is 5.91 Å². The van der Waals surface area contributed by atoms with Gasteiger partial charge in [0.05, 0.1) is 18.8 Å². The van der Waals surface area contributed by atoms with Gasteiger partial charge in [0.1, 0.15) is 12.4 Å². The summed E-state index contributed by atoms with van der Waals surface area (Å²) in [5, 5.41) is 0. The number of nitrogens with zero attached hydrogens (tertiary/aromatic N) is 2. The van der Waals surface area contributed by atoms with Crippen LogP contribution < -0.4 is 4.74 Å². The molecule has 23 heavy (non-hydrogen) atoms. The fourth-order valence-electron chi connectivity index (χ4n) is 2.82. The van der Waals surface area contributed by atoms with Crippen LogP contribution in [0.25, 0.3) is 0 Å². The van der Waals surface area contributed by atoms with Crippen molar-refractivity contribution in [1.82, 2.24) is 9.80 Å². The van der Waals surface area contributed by atoms with E-state index in [9.17, 15) is 4.79 Å². The Morgan fingerprint density at radius 2 is 2.04 bits per heavy atom. The Morgan fingerprint density at radius 1 is 1.35 bits per heavy atom. The van der Waals surface area contributed by atoms with Crippen molar-refractivity contribution >= 4 is 5.91 Å². The number of hydrogen-bond acceptors (Lipinski definition) is 4. The predicted octanol–water partition coefficient (Wildman–Crippen LogP) is 1.94. The minimum absolute atomic E-state index is 0.109. The van der Waals surface area contributed by atoms with E-state index >= 15 is 0 Å². The van der Waals surface area contributed by atoms with Crippen molar-refractivity contribution in [2.24, 2.45) is 0 Å². The van der Waals surface area contributed by atoms with Crippen molar-refractivity contribution in [3.8, 4) is 5.75 Å². The summed E-state index contributed by atoms with van der Waals surface area (Å²) in [7, 11) is 1.95. The summed E-state index contributed by atoms with van der Waals surface area (Å²) in [5.41, 5.74) is 1.18. The number of hydrogen-bond donors (Lipinski definition) is 0. The average Bonchev–Trinajstić information content (AvgIpc) is 2.46. The molecule has 1 aromatic rings. The van der Waals surface area contributed by atoms with Gasteiger partial charge in [0, 0.05) is 19.6 Å². The van der Waals surface area contributed by atoms with Crippen molar-refractivity contribution in [2.45, 2.75) is 33.0 Å². The minimum Gasteiger partial charge on any atom is -0.492 e. The number of carbonyl (C=O) groups is 1. The van der Waals surface area contributed by atoms with Gasteiger partial charge >= 0.3 is 0 Å². The van der Waals surface area contributed by atoms with E-state index in [1.807, 2.05) is 61.9 Å². The molecule has 0 aliphatic carbocycles. The smallest absolute Gasteiger partial charge is 0.236 e. The molecule has 0 bridgehead atoms. The maximum absolute atomic E-state index is 12.4. The molecular weight excluding hydrogens is 292 g/mol. The van der Waals surface area contributed by atoms with Crippen molar-refractivity contribution in [1.29, 1.82) is 0 Å². The lowest BCUT2D eigenvalue weighted by Crippen LogP contribution is -2.50. The number of rotatable bonds is 6. The molecule has 0 spiro atoms. The van der Waals surface area contributed by atoms with Gasteiger partial charge in [-0.1, -0.05) is 12.1 Å². The molecule has 0 radical (unpaired) electrons. The molecule has 1 fully saturated rings. The largest absolute Gasteiger partial charge is 0.492 e. The first-order chi connectivity index (χ1) is 10.9. The standard InChI is InChI=1S/C18H28N2O3/c1-14-6-5-7-17(10-14)22-9-8-19(4)13-18(21)20-11-15(2)23-16(3)12-20/h5-7,10,15-16H,8-9,11-13H2,1-4H3. The van der Waals surface area contributed by atoms with Crippen LogP contribution in [-0.4, -0.2) is 67.7 Å². The van der Waals surface area contributed by atoms with E-state index in [1.165, 1.54) is 5.56 Å². The van der Waals surface area contributed by atoms with Crippen LogP contribution in [0.4, 0.5) is 0 Å². The fraction of sp³-hybridized carbons (Fsp3) is 0.611. The summed E-state index contributed by atoms with van der Waals surface area (Å²) in [4.78, 5) is 16.3. The topological polar surface area (TPSA) is 42.0 Å². The maximum Gasteiger partial charge on any atom is 0.236 e. The van der Waals surface area contributed by atoms with E-state index in [4.69, 9.17) is 9.47 Å². The zero-order valence-corrected chi connectivity index (χ0v) is 14.6. The summed E-state index contributed by atoms with van der Waals surface area (Å²) >= 11 is 0. The van der Waals surface area contributed by atoms with Crippen LogP contribution in [0.3, 0.4) is 0 Å². The molecule has 1 heterocycles. The van der Waals surface area contributed by atoms with Gasteiger partial charge < -0.3 is 14.4 Å². The van der Waals surface area contributed by atoms with Crippen molar-refractivity contribution in [2.75, 3.05) is 39.8 Å². The van der Waals surface area contributed by atoms with Gasteiger partial charge in [-0.15, -0.1) is 0 Å². The Hall–Kier alpha value is -1.59. The van der Waals surface area contributed by atoms with Gasteiger partial charge in [-0.3, -0.25) is 9.69 Å². The van der Waals surface area contributed by atoms with Gasteiger partial charge in [-0.2, -0.15) is 0 Å². The van der Waals surface area contributed by atoms with Crippen LogP contribution in [-0.2, 0) is 9.53 Å². The third-order valence-electron chi connectivity index (χ3n) is 3.91. The molecule has 2 rings (SSSR count). The van der Waals surface area contributed by atoms with Crippen LogP contribution >= 0.6 is 0 Å². The summed E-state index contributed by atoms with van der Waals surface area (Å²) in [5.74, 6) is 1.03. The highest BCUT2D eigenvalue weighted by molar-refractivity contribution is 5.78. The molecule has 1 aromatic carbocycles. The maximum atomic E-state index is 12.4. The minimum atomic E-state index is 0.109. The highest BCUT2D eigenvalue weighted by Gasteiger charge is 2.26. The molecule has 1 saturated heterocycles. The molecule has 5 heteroatoms. The van der Waals surface area contributed by atoms with E-state index in [1.54, 1.807) is 0 Å². The fourth-order valence-corrected chi connectivity index (χ4v) is 2.82. The Labute approximate surface area is 139 Å². The molecule has 128 valence electrons. The summed E-state index contributed by atoms with van der Waals surface area (Å²) in [6.45, 7) is 9.12. The normalized spacial score (nSPS) is 21.5. The summed E-state index contributed by atoms with van der Waals surface area (Å²) < 4.78 is 11.4. The quantitative estimate of drug-likeness (QED) is 0.803. The highest BCUT2D eigenvalue weighted by atomic mass is 16.5. The van der Waals surface area contributed by atoms with Crippen LogP contribution in [0.1, 0.15) is 19.4 Å². The van der Waals surface area contributed by atoms with E-state index in [-0.39, 0.29) is 18.1 Å². The summed E-state index contributed by atoms with van der Waals surface area (Å²) in [6, 6.07) is 8.00. The lowest BCUT2D eigenvalue weighted by atomic mass is 10.2. The van der Waals surface area contributed by atoms with Gasteiger partial charge in [-0.05, 0) is 45.5 Å². The lowest BCUT2D eigenvalue weighted by molar-refractivity contribution is -0.144. The van der Waals surface area contributed by atoms with Crippen molar-refractivity contribution in [3.05, 3.63) is 29.8 Å². The average molecular weight is 320 g/mol. The van der Waals surface area contributed by atoms with Crippen molar-refractivity contribution < 1.29 is 14.3 Å². The number of ether oxygens (including phenoxy) is 2. The van der Waals surface area contributed by atoms with Crippen molar-refractivity contribution in [3.63, 3.8) is 0 Å². The number of carbonyl (C=O) groups excluding carboxylic acids is 1. The molecular formula is C18H28N2O3. The monoisotopic (exact) mass is 320 g/mol. The molecule has 2 unspecified atom stereocenters. The second-order valence-electron chi connectivity index (χ2n) is 6.46. The van der Waals surface area contributed by atoms with Crippen LogP contribution in [0.5, 0.6) is 5.75 Å². The predicted molar refractivity (Wildman–Crippen MR) is 90.8 cm³/mol. The van der Waals surface area contributed by atoms with Gasteiger partial charge in [0.15, 0.2) is 0 Å². The first-order valence-electron chi connectivity index (χ1n) is 8.25. The molecule has 1 amide bonds. The van der Waals surface area contributed by atoms with Gasteiger partial charge in [-0.25, -0.2) is 0 Å². The molecule has 0 N–H and O–H groups in total. The van der Waals surface area contributed by atoms with E-state index in [0.717, 1.165) is 12.3 Å². The Bertz CT molecular complexity index is 511. The first-order valence-corrected chi connectivity index (χ1v) is 8.25. The second-order valence-corrected chi connectivity index (χ2v) is 6.46. The van der Waals surface area contributed by atoms with Gasteiger partial charge in [0.25, 0.3) is 0 Å². The Kier molecular flexibility index (Phi) is 6.42. The number of amides is 1. The highest BCUT2D eigenvalue weighted by Crippen LogP contribution is 2.13. The Morgan fingerprint density at radius 3 is 2.70 bits per heavy atom. The van der Waals surface area contributed by atoms with Crippen LogP contribution in [0, 0.1) is 6.92 Å². The van der Waals surface area contributed by atoms with Crippen LogP contribution in [0.2, 0.25) is 0 Å². The molecule has 2 atom stereocenters. The molecule has 1 aliphatic rings. The Balaban J connectivity index is 1.71. The third-order valence-corrected chi connectivity index (χ3v) is 3.91. The molecule has 0 aromatic heterocycles. The second kappa shape index (κ2) is 8.31. The first kappa shape index (κ1) is 17.8. The SMILES string of the molecule is Cc1cccc(OCCN(C)CC(=O)N2CC(C)OC(C)C2)c1. The molecule has 5 nitrogen and oxygen atoms in total. The molecule has 0 saturated carbocycles. The number of morpholine rings is 1. The molecule has 1 aliphatic heterocycles. The number of likely N-dealkylation sites (N-methyl/N-ethyl adjacent to an activating group) is 1. The third kappa shape index (κ3) is 5.84. The van der Waals surface area contributed by atoms with E-state index < -0.39 is 0 Å². The number of aryl methyl sites for hydroxylation is 1. The zero-order valence-electron chi connectivity index (χ0n) is 14.6. The zero-order chi connectivity index (χ0) is 16.8. The lowest BCUT2D eigenvalue weighted by Gasteiger charge is -2.36. The van der Waals surface area contributed by atoms with E-state index in [2.05, 4.69) is 0 Å².